The van der Waals surface area contributed by atoms with Gasteiger partial charge in [-0.1, -0.05) is 36.6 Å². The molecule has 0 atom stereocenters. The van der Waals surface area contributed by atoms with Gasteiger partial charge in [0.1, 0.15) is 12.4 Å². The molecule has 1 fully saturated rings. The van der Waals surface area contributed by atoms with Gasteiger partial charge in [0.15, 0.2) is 12.0 Å². The number of nitrogens with zero attached hydrogens (tertiary/aromatic N) is 10. The second-order valence-corrected chi connectivity index (χ2v) is 10.8. The minimum atomic E-state index is 0.427. The molecule has 40 heavy (non-hydrogen) atoms. The SMILES string of the molecule is Cc1nc(C)c(COc2ccc(-c3cnc4c(-c5nn[nH]n5)cnn4c3C3CCCCC3)cc2)s1.c1nn[nH]n1. The zero-order chi connectivity index (χ0) is 27.3. The molecule has 0 unspecified atom stereocenters. The molecule has 1 saturated carbocycles. The summed E-state index contributed by atoms with van der Waals surface area (Å²) in [7, 11) is 0. The topological polar surface area (TPSA) is 161 Å². The van der Waals surface area contributed by atoms with Crippen LogP contribution in [0.2, 0.25) is 0 Å². The van der Waals surface area contributed by atoms with E-state index in [2.05, 4.69) is 58.4 Å². The van der Waals surface area contributed by atoms with Gasteiger partial charge in [0.2, 0.25) is 5.82 Å². The van der Waals surface area contributed by atoms with Gasteiger partial charge in [-0.25, -0.2) is 14.5 Å². The van der Waals surface area contributed by atoms with Crippen LogP contribution in [0.25, 0.3) is 28.2 Å². The lowest BCUT2D eigenvalue weighted by molar-refractivity contribution is 0.309. The lowest BCUT2D eigenvalue weighted by Crippen LogP contribution is -2.12. The molecule has 13 nitrogen and oxygen atoms in total. The molecule has 5 aromatic heterocycles. The normalized spacial score (nSPS) is 13.8. The molecule has 0 saturated heterocycles. The number of nitrogens with one attached hydrogen (secondary N) is 2. The van der Waals surface area contributed by atoms with Gasteiger partial charge in [0, 0.05) is 17.7 Å². The highest BCUT2D eigenvalue weighted by Crippen LogP contribution is 2.39. The summed E-state index contributed by atoms with van der Waals surface area (Å²) in [6.07, 6.45) is 11.1. The molecule has 0 bridgehead atoms. The Kier molecular flexibility index (Phi) is 7.48. The van der Waals surface area contributed by atoms with Crippen molar-refractivity contribution in [1.82, 2.24) is 60.8 Å². The standard InChI is InChI=1S/C25H26N8OS.CH2N4/c1-15-22(35-16(2)28-15)14-34-19-10-8-17(9-11-19)20-12-26-25-21(24-29-31-32-30-24)13-27-33(25)23(20)18-6-4-3-5-7-18;1-2-4-5-3-1/h8-13,18H,3-7,14H2,1-2H3,(H,29,30,31,32);1H,(H,2,3,4,5). The van der Waals surface area contributed by atoms with Crippen molar-refractivity contribution in [3.8, 4) is 28.3 Å². The largest absolute Gasteiger partial charge is 0.488 e. The zero-order valence-electron chi connectivity index (χ0n) is 22.2. The molecule has 2 N–H and O–H groups in total. The Morgan fingerprint density at radius 2 is 1.85 bits per heavy atom. The molecular formula is C26H28N12OS. The third kappa shape index (κ3) is 5.43. The number of ether oxygens (including phenoxy) is 1. The molecule has 7 rings (SSSR count). The van der Waals surface area contributed by atoms with Crippen molar-refractivity contribution in [2.24, 2.45) is 0 Å². The molecule has 6 aromatic rings. The van der Waals surface area contributed by atoms with Gasteiger partial charge in [0.25, 0.3) is 0 Å². The van der Waals surface area contributed by atoms with Crippen LogP contribution in [0.5, 0.6) is 5.75 Å². The van der Waals surface area contributed by atoms with E-state index < -0.39 is 0 Å². The number of aryl methyl sites for hydroxylation is 2. The summed E-state index contributed by atoms with van der Waals surface area (Å²) < 4.78 is 8.04. The average Bonchev–Trinajstić information content (AvgIpc) is 3.81. The minimum absolute atomic E-state index is 0.427. The van der Waals surface area contributed by atoms with Crippen LogP contribution < -0.4 is 4.74 Å². The highest BCUT2D eigenvalue weighted by atomic mass is 32.1. The number of thiazole rings is 1. The highest BCUT2D eigenvalue weighted by molar-refractivity contribution is 7.11. The number of H-pyrrole nitrogens is 2. The molecule has 0 aliphatic heterocycles. The van der Waals surface area contributed by atoms with Gasteiger partial charge in [-0.15, -0.1) is 31.7 Å². The van der Waals surface area contributed by atoms with Crippen LogP contribution in [-0.2, 0) is 6.61 Å². The molecule has 1 aliphatic rings. The summed E-state index contributed by atoms with van der Waals surface area (Å²) in [6.45, 7) is 4.58. The van der Waals surface area contributed by atoms with Crippen LogP contribution in [-0.4, -0.2) is 60.8 Å². The minimum Gasteiger partial charge on any atom is -0.488 e. The number of tetrazole rings is 2. The van der Waals surface area contributed by atoms with E-state index in [1.54, 1.807) is 17.5 Å². The number of hydrogen-bond donors (Lipinski definition) is 2. The number of fused-ring (bicyclic) bond motifs is 1. The second-order valence-electron chi connectivity index (χ2n) is 9.54. The van der Waals surface area contributed by atoms with Gasteiger partial charge >= 0.3 is 0 Å². The molecule has 5 heterocycles. The summed E-state index contributed by atoms with van der Waals surface area (Å²) in [5.74, 6) is 1.77. The number of hydrogen-bond acceptors (Lipinski definition) is 11. The molecule has 1 aromatic carbocycles. The Balaban J connectivity index is 0.000000523. The van der Waals surface area contributed by atoms with Crippen molar-refractivity contribution in [3.63, 3.8) is 0 Å². The Hall–Kier alpha value is -4.59. The molecule has 204 valence electrons. The van der Waals surface area contributed by atoms with E-state index in [-0.39, 0.29) is 0 Å². The molecule has 1 aliphatic carbocycles. The molecule has 14 heteroatoms. The number of benzene rings is 1. The van der Waals surface area contributed by atoms with Crippen LogP contribution in [0.1, 0.15) is 59.3 Å². The maximum absolute atomic E-state index is 6.05. The Morgan fingerprint density at radius 3 is 2.50 bits per heavy atom. The fourth-order valence-electron chi connectivity index (χ4n) is 5.09. The molecule has 0 radical (unpaired) electrons. The number of aromatic amines is 2. The maximum Gasteiger partial charge on any atom is 0.210 e. The monoisotopic (exact) mass is 556 g/mol. The third-order valence-electron chi connectivity index (χ3n) is 6.95. The van der Waals surface area contributed by atoms with Crippen LogP contribution in [0.3, 0.4) is 0 Å². The van der Waals surface area contributed by atoms with Crippen LogP contribution in [0.15, 0.2) is 43.0 Å². The second kappa shape index (κ2) is 11.7. The summed E-state index contributed by atoms with van der Waals surface area (Å²) in [5.41, 5.74) is 5.99. The van der Waals surface area contributed by atoms with E-state index in [0.717, 1.165) is 56.5 Å². The summed E-state index contributed by atoms with van der Waals surface area (Å²) >= 11 is 1.68. The van der Waals surface area contributed by atoms with Crippen molar-refractivity contribution < 1.29 is 4.74 Å². The van der Waals surface area contributed by atoms with Gasteiger partial charge in [-0.05, 0) is 49.6 Å². The van der Waals surface area contributed by atoms with E-state index >= 15 is 0 Å². The first-order valence-electron chi connectivity index (χ1n) is 13.1. The zero-order valence-corrected chi connectivity index (χ0v) is 23.0. The fraction of sp³-hybridized carbons (Fsp3) is 0.346. The Morgan fingerprint density at radius 1 is 1.00 bits per heavy atom. The van der Waals surface area contributed by atoms with Gasteiger partial charge in [-0.2, -0.15) is 15.5 Å². The van der Waals surface area contributed by atoms with Crippen molar-refractivity contribution in [2.75, 3.05) is 0 Å². The maximum atomic E-state index is 6.05. The van der Waals surface area contributed by atoms with E-state index in [4.69, 9.17) is 14.8 Å². The molecular weight excluding hydrogens is 528 g/mol. The predicted molar refractivity (Wildman–Crippen MR) is 148 cm³/mol. The first-order chi connectivity index (χ1) is 19.7. The third-order valence-corrected chi connectivity index (χ3v) is 7.99. The first kappa shape index (κ1) is 25.7. The first-order valence-corrected chi connectivity index (χ1v) is 13.9. The lowest BCUT2D eigenvalue weighted by Gasteiger charge is -2.25. The van der Waals surface area contributed by atoms with Crippen LogP contribution in [0, 0.1) is 13.8 Å². The predicted octanol–water partition coefficient (Wildman–Crippen LogP) is 4.48. The van der Waals surface area contributed by atoms with E-state index in [1.807, 2.05) is 36.7 Å². The van der Waals surface area contributed by atoms with E-state index in [1.165, 1.54) is 31.3 Å². The van der Waals surface area contributed by atoms with Gasteiger partial charge in [0.05, 0.1) is 33.0 Å². The lowest BCUT2D eigenvalue weighted by atomic mass is 9.84. The van der Waals surface area contributed by atoms with Gasteiger partial charge in [-0.3, -0.25) is 0 Å². The summed E-state index contributed by atoms with van der Waals surface area (Å²) in [4.78, 5) is 10.4. The Labute approximate surface area is 233 Å². The van der Waals surface area contributed by atoms with Crippen LogP contribution in [0.4, 0.5) is 0 Å². The summed E-state index contributed by atoms with van der Waals surface area (Å²) in [6, 6.07) is 8.28. The van der Waals surface area contributed by atoms with Crippen molar-refractivity contribution in [1.29, 1.82) is 0 Å². The molecule has 0 amide bonds. The number of aromatic nitrogens is 12. The quantitative estimate of drug-likeness (QED) is 0.299. The van der Waals surface area contributed by atoms with E-state index in [9.17, 15) is 0 Å². The van der Waals surface area contributed by atoms with Crippen molar-refractivity contribution in [3.05, 3.63) is 64.3 Å². The van der Waals surface area contributed by atoms with Crippen LogP contribution >= 0.6 is 11.3 Å². The van der Waals surface area contributed by atoms with Gasteiger partial charge < -0.3 is 4.74 Å². The molecule has 0 spiro atoms. The van der Waals surface area contributed by atoms with Crippen molar-refractivity contribution >= 4 is 17.0 Å². The average molecular weight is 557 g/mol. The van der Waals surface area contributed by atoms with Crippen molar-refractivity contribution in [2.45, 2.75) is 58.5 Å². The highest BCUT2D eigenvalue weighted by Gasteiger charge is 2.25. The smallest absolute Gasteiger partial charge is 0.210 e. The van der Waals surface area contributed by atoms with E-state index in [0.29, 0.717) is 18.3 Å². The Bertz CT molecular complexity index is 1640. The summed E-state index contributed by atoms with van der Waals surface area (Å²) in [5, 5.41) is 32.4. The fourth-order valence-corrected chi connectivity index (χ4v) is 5.94. The number of rotatable bonds is 6.